The van der Waals surface area contributed by atoms with E-state index >= 15 is 0 Å². The lowest BCUT2D eigenvalue weighted by Crippen LogP contribution is -2.25. The Balaban J connectivity index is 1.78. The monoisotopic (exact) mass is 344 g/mol. The van der Waals surface area contributed by atoms with Crippen LogP contribution >= 0.6 is 11.3 Å². The highest BCUT2D eigenvalue weighted by atomic mass is 32.1. The minimum absolute atomic E-state index is 0.132. The second-order valence-corrected chi connectivity index (χ2v) is 6.33. The summed E-state index contributed by atoms with van der Waals surface area (Å²) in [5.41, 5.74) is 1.35. The molecule has 1 N–H and O–H groups in total. The zero-order valence-corrected chi connectivity index (χ0v) is 14.1. The van der Waals surface area contributed by atoms with Gasteiger partial charge in [0.25, 0.3) is 0 Å². The van der Waals surface area contributed by atoms with Gasteiger partial charge in [-0.1, -0.05) is 23.4 Å². The van der Waals surface area contributed by atoms with Crippen LogP contribution in [0.25, 0.3) is 10.1 Å². The van der Waals surface area contributed by atoms with Gasteiger partial charge >= 0.3 is 5.97 Å². The third kappa shape index (κ3) is 3.30. The van der Waals surface area contributed by atoms with Crippen molar-refractivity contribution in [2.75, 3.05) is 7.11 Å². The average Bonchev–Trinajstić information content (AvgIpc) is 3.15. The van der Waals surface area contributed by atoms with Crippen LogP contribution in [0.3, 0.4) is 0 Å². The van der Waals surface area contributed by atoms with Crippen LogP contribution in [0.2, 0.25) is 0 Å². The Bertz CT molecular complexity index is 897. The number of ether oxygens (including phenoxy) is 1. The molecule has 2 heterocycles. The summed E-state index contributed by atoms with van der Waals surface area (Å²) < 4.78 is 10.8. The number of carbonyl (C=O) groups is 2. The summed E-state index contributed by atoms with van der Waals surface area (Å²) in [6.07, 6.45) is 0.132. The van der Waals surface area contributed by atoms with Gasteiger partial charge in [0.1, 0.15) is 10.6 Å². The van der Waals surface area contributed by atoms with Gasteiger partial charge in [0, 0.05) is 22.9 Å². The quantitative estimate of drug-likeness (QED) is 0.720. The van der Waals surface area contributed by atoms with Gasteiger partial charge in [-0.25, -0.2) is 4.79 Å². The molecular formula is C17H16N2O4S. The summed E-state index contributed by atoms with van der Waals surface area (Å²) in [7, 11) is 1.35. The highest BCUT2D eigenvalue weighted by Gasteiger charge is 2.19. The maximum Gasteiger partial charge on any atom is 0.348 e. The molecule has 24 heavy (non-hydrogen) atoms. The van der Waals surface area contributed by atoms with Crippen molar-refractivity contribution < 1.29 is 18.8 Å². The first-order valence-electron chi connectivity index (χ1n) is 7.36. The van der Waals surface area contributed by atoms with Crippen LogP contribution in [-0.2, 0) is 22.5 Å². The molecule has 7 heteroatoms. The highest BCUT2D eigenvalue weighted by molar-refractivity contribution is 7.21. The molecule has 0 aliphatic heterocycles. The molecule has 3 rings (SSSR count). The van der Waals surface area contributed by atoms with Crippen molar-refractivity contribution >= 4 is 33.3 Å². The lowest BCUT2D eigenvalue weighted by atomic mass is 10.1. The minimum atomic E-state index is -0.396. The van der Waals surface area contributed by atoms with Gasteiger partial charge in [0.15, 0.2) is 0 Å². The fraction of sp³-hybridized carbons (Fsp3) is 0.235. The Hall–Kier alpha value is -2.67. The molecule has 0 aliphatic carbocycles. The lowest BCUT2D eigenvalue weighted by molar-refractivity contribution is -0.120. The summed E-state index contributed by atoms with van der Waals surface area (Å²) >= 11 is 1.36. The maximum absolute atomic E-state index is 12.1. The number of benzene rings is 1. The molecule has 0 spiro atoms. The molecule has 6 nitrogen and oxygen atoms in total. The van der Waals surface area contributed by atoms with Crippen molar-refractivity contribution in [1.82, 2.24) is 10.5 Å². The molecule has 0 radical (unpaired) electrons. The lowest BCUT2D eigenvalue weighted by Gasteiger charge is -2.06. The maximum atomic E-state index is 12.1. The normalized spacial score (nSPS) is 10.8. The summed E-state index contributed by atoms with van der Waals surface area (Å²) in [6.45, 7) is 2.03. The van der Waals surface area contributed by atoms with Crippen LogP contribution in [0, 0.1) is 6.92 Å². The number of hydrogen-bond acceptors (Lipinski definition) is 6. The first-order valence-corrected chi connectivity index (χ1v) is 8.17. The van der Waals surface area contributed by atoms with E-state index in [2.05, 4.69) is 10.5 Å². The number of aromatic nitrogens is 1. The molecule has 124 valence electrons. The van der Waals surface area contributed by atoms with Crippen molar-refractivity contribution in [2.45, 2.75) is 19.9 Å². The first-order chi connectivity index (χ1) is 11.6. The molecule has 2 aromatic heterocycles. The Kier molecular flexibility index (Phi) is 4.61. The van der Waals surface area contributed by atoms with Gasteiger partial charge in [0.05, 0.1) is 19.2 Å². The molecule has 0 unspecified atom stereocenters. The zero-order valence-electron chi connectivity index (χ0n) is 13.3. The van der Waals surface area contributed by atoms with Gasteiger partial charge in [-0.15, -0.1) is 11.3 Å². The number of nitrogens with one attached hydrogen (secondary N) is 1. The summed E-state index contributed by atoms with van der Waals surface area (Å²) in [5, 5.41) is 7.58. The Morgan fingerprint density at radius 3 is 2.83 bits per heavy atom. The molecular weight excluding hydrogens is 328 g/mol. The SMILES string of the molecule is COC(=O)c1sc2ccccc2c1CNC(=O)Cc1cc(C)on1. The summed E-state index contributed by atoms with van der Waals surface area (Å²) in [6, 6.07) is 9.41. The van der Waals surface area contributed by atoms with E-state index in [9.17, 15) is 9.59 Å². The van der Waals surface area contributed by atoms with E-state index in [1.807, 2.05) is 24.3 Å². The molecule has 0 saturated carbocycles. The molecule has 0 bridgehead atoms. The smallest absolute Gasteiger partial charge is 0.348 e. The van der Waals surface area contributed by atoms with Crippen LogP contribution in [0.15, 0.2) is 34.9 Å². The van der Waals surface area contributed by atoms with Gasteiger partial charge in [-0.2, -0.15) is 0 Å². The van der Waals surface area contributed by atoms with Crippen LogP contribution in [0.5, 0.6) is 0 Å². The third-order valence-electron chi connectivity index (χ3n) is 3.55. The zero-order chi connectivity index (χ0) is 17.1. The van der Waals surface area contributed by atoms with E-state index in [1.165, 1.54) is 18.4 Å². The van der Waals surface area contributed by atoms with Crippen molar-refractivity contribution in [3.05, 3.63) is 52.2 Å². The fourth-order valence-corrected chi connectivity index (χ4v) is 3.59. The van der Waals surface area contributed by atoms with E-state index in [-0.39, 0.29) is 18.9 Å². The van der Waals surface area contributed by atoms with Gasteiger partial charge < -0.3 is 14.6 Å². The standard InChI is InChI=1S/C17H16N2O4S/c1-10-7-11(19-23-10)8-15(20)18-9-13-12-5-3-4-6-14(12)24-16(13)17(21)22-2/h3-7H,8-9H2,1-2H3,(H,18,20). The average molecular weight is 344 g/mol. The number of fused-ring (bicyclic) bond motifs is 1. The van der Waals surface area contributed by atoms with Crippen molar-refractivity contribution in [2.24, 2.45) is 0 Å². The molecule has 0 atom stereocenters. The first kappa shape index (κ1) is 16.2. The highest BCUT2D eigenvalue weighted by Crippen LogP contribution is 2.31. The van der Waals surface area contributed by atoms with Crippen molar-refractivity contribution in [1.29, 1.82) is 0 Å². The Morgan fingerprint density at radius 2 is 2.12 bits per heavy atom. The van der Waals surface area contributed by atoms with Gasteiger partial charge in [-0.3, -0.25) is 4.79 Å². The predicted molar refractivity (Wildman–Crippen MR) is 90.0 cm³/mol. The molecule has 1 amide bonds. The van der Waals surface area contributed by atoms with Crippen molar-refractivity contribution in [3.8, 4) is 0 Å². The number of carbonyl (C=O) groups excluding carboxylic acids is 2. The number of nitrogens with zero attached hydrogens (tertiary/aromatic N) is 1. The third-order valence-corrected chi connectivity index (χ3v) is 4.74. The van der Waals surface area contributed by atoms with E-state index in [1.54, 1.807) is 13.0 Å². The number of aryl methyl sites for hydroxylation is 1. The molecule has 0 aliphatic rings. The largest absolute Gasteiger partial charge is 0.465 e. The molecule has 0 fully saturated rings. The molecule has 1 aromatic carbocycles. The second kappa shape index (κ2) is 6.84. The molecule has 3 aromatic rings. The number of hydrogen-bond donors (Lipinski definition) is 1. The minimum Gasteiger partial charge on any atom is -0.465 e. The van der Waals surface area contributed by atoms with Gasteiger partial charge in [0.2, 0.25) is 5.91 Å². The summed E-state index contributed by atoms with van der Waals surface area (Å²) in [5.74, 6) is 0.0802. The van der Waals surface area contributed by atoms with E-state index < -0.39 is 5.97 Å². The van der Waals surface area contributed by atoms with E-state index in [4.69, 9.17) is 9.26 Å². The number of esters is 1. The summed E-state index contributed by atoms with van der Waals surface area (Å²) in [4.78, 5) is 24.6. The van der Waals surface area contributed by atoms with E-state index in [0.717, 1.165) is 15.6 Å². The second-order valence-electron chi connectivity index (χ2n) is 5.28. The van der Waals surface area contributed by atoms with Crippen molar-refractivity contribution in [3.63, 3.8) is 0 Å². The number of methoxy groups -OCH3 is 1. The van der Waals surface area contributed by atoms with Crippen LogP contribution in [-0.4, -0.2) is 24.1 Å². The van der Waals surface area contributed by atoms with Gasteiger partial charge in [-0.05, 0) is 18.4 Å². The Morgan fingerprint density at radius 1 is 1.33 bits per heavy atom. The van der Waals surface area contributed by atoms with E-state index in [0.29, 0.717) is 16.3 Å². The fourth-order valence-electron chi connectivity index (χ4n) is 2.45. The predicted octanol–water partition coefficient (Wildman–Crippen LogP) is 2.84. The number of thiophene rings is 1. The van der Waals surface area contributed by atoms with Crippen LogP contribution in [0.1, 0.15) is 26.7 Å². The van der Waals surface area contributed by atoms with Crippen LogP contribution < -0.4 is 5.32 Å². The number of amides is 1. The topological polar surface area (TPSA) is 81.4 Å². The van der Waals surface area contributed by atoms with Crippen LogP contribution in [0.4, 0.5) is 0 Å². The Labute approximate surface area is 142 Å². The molecule has 0 saturated heterocycles. The number of rotatable bonds is 5.